The average Bonchev–Trinajstić information content (AvgIpc) is 2.93. The van der Waals surface area contributed by atoms with E-state index >= 15 is 0 Å². The van der Waals surface area contributed by atoms with E-state index < -0.39 is 5.56 Å². The van der Waals surface area contributed by atoms with E-state index in [4.69, 9.17) is 14.9 Å². The lowest BCUT2D eigenvalue weighted by atomic mass is 10.1. The summed E-state index contributed by atoms with van der Waals surface area (Å²) in [6, 6.07) is 14.5. The highest BCUT2D eigenvalue weighted by atomic mass is 16.3. The smallest absolute Gasteiger partial charge is 0.260 e. The Morgan fingerprint density at radius 2 is 1.85 bits per heavy atom. The lowest BCUT2D eigenvalue weighted by Crippen LogP contribution is -2.08. The minimum Gasteiger partial charge on any atom is -0.454 e. The van der Waals surface area contributed by atoms with Crippen molar-refractivity contribution in [2.75, 3.05) is 0 Å². The minimum absolute atomic E-state index is 0.0456. The second-order valence-corrected chi connectivity index (χ2v) is 4.15. The topological polar surface area (TPSA) is 93.6 Å². The molecular formula is C15H7N3O2. The van der Waals surface area contributed by atoms with Crippen molar-refractivity contribution in [2.24, 2.45) is 0 Å². The van der Waals surface area contributed by atoms with Crippen molar-refractivity contribution in [3.63, 3.8) is 0 Å². The summed E-state index contributed by atoms with van der Waals surface area (Å²) >= 11 is 0. The summed E-state index contributed by atoms with van der Waals surface area (Å²) in [4.78, 5) is 14.3. The van der Waals surface area contributed by atoms with Crippen LogP contribution in [0.15, 0.2) is 45.6 Å². The monoisotopic (exact) mass is 261 g/mol. The first-order valence-electron chi connectivity index (χ1n) is 5.80. The van der Waals surface area contributed by atoms with Crippen molar-refractivity contribution in [3.05, 3.63) is 58.0 Å². The quantitative estimate of drug-likeness (QED) is 0.728. The number of rotatable bonds is 1. The predicted octanol–water partition coefficient (Wildman–Crippen LogP) is 2.53. The van der Waals surface area contributed by atoms with Crippen LogP contribution in [0.4, 0.5) is 0 Å². The number of fused-ring (bicyclic) bond motifs is 1. The molecule has 0 saturated heterocycles. The predicted molar refractivity (Wildman–Crippen MR) is 71.7 cm³/mol. The maximum absolute atomic E-state index is 11.9. The van der Waals surface area contributed by atoms with Crippen LogP contribution < -0.4 is 5.56 Å². The summed E-state index contributed by atoms with van der Waals surface area (Å²) in [6.45, 7) is 0. The lowest BCUT2D eigenvalue weighted by Gasteiger charge is -1.95. The number of furan rings is 1. The Bertz CT molecular complexity index is 937. The van der Waals surface area contributed by atoms with Gasteiger partial charge in [-0.05, 0) is 6.07 Å². The van der Waals surface area contributed by atoms with E-state index in [-0.39, 0.29) is 22.2 Å². The summed E-state index contributed by atoms with van der Waals surface area (Å²) in [5.74, 6) is 0.484. The Hall–Kier alpha value is -3.31. The Morgan fingerprint density at radius 3 is 2.50 bits per heavy atom. The van der Waals surface area contributed by atoms with E-state index in [1.165, 1.54) is 0 Å². The molecule has 20 heavy (non-hydrogen) atoms. The molecule has 0 unspecified atom stereocenters. The third kappa shape index (κ3) is 1.66. The number of hydrogen-bond acceptors (Lipinski definition) is 4. The van der Waals surface area contributed by atoms with Crippen molar-refractivity contribution in [1.29, 1.82) is 10.5 Å². The molecule has 0 spiro atoms. The maximum atomic E-state index is 11.9. The average molecular weight is 261 g/mol. The fraction of sp³-hybridized carbons (Fsp3) is 0. The van der Waals surface area contributed by atoms with Gasteiger partial charge in [0.25, 0.3) is 5.56 Å². The summed E-state index contributed by atoms with van der Waals surface area (Å²) in [6.07, 6.45) is 0. The number of aromatic amines is 1. The molecule has 0 aliphatic carbocycles. The summed E-state index contributed by atoms with van der Waals surface area (Å²) < 4.78 is 5.61. The van der Waals surface area contributed by atoms with Crippen molar-refractivity contribution >= 4 is 11.0 Å². The third-order valence-corrected chi connectivity index (χ3v) is 2.97. The lowest BCUT2D eigenvalue weighted by molar-refractivity contribution is 0.629. The van der Waals surface area contributed by atoms with Crippen LogP contribution >= 0.6 is 0 Å². The standard InChI is InChI=1S/C15H7N3O2/c16-7-11-12(8-17)18-15(19)10-6-13(20-14(10)11)9-4-2-1-3-5-9/h1-6H,(H,18,19). The van der Waals surface area contributed by atoms with Gasteiger partial charge >= 0.3 is 0 Å². The molecule has 1 N–H and O–H groups in total. The van der Waals surface area contributed by atoms with Gasteiger partial charge in [0.05, 0.1) is 5.39 Å². The van der Waals surface area contributed by atoms with Gasteiger partial charge < -0.3 is 9.40 Å². The number of pyridine rings is 1. The number of hydrogen-bond donors (Lipinski definition) is 1. The molecule has 3 rings (SSSR count). The molecule has 0 saturated carbocycles. The van der Waals surface area contributed by atoms with Crippen molar-refractivity contribution < 1.29 is 4.42 Å². The van der Waals surface area contributed by atoms with E-state index in [2.05, 4.69) is 4.98 Å². The van der Waals surface area contributed by atoms with E-state index in [1.54, 1.807) is 12.1 Å². The number of nitriles is 2. The third-order valence-electron chi connectivity index (χ3n) is 2.97. The molecule has 0 atom stereocenters. The highest BCUT2D eigenvalue weighted by molar-refractivity contribution is 5.87. The highest BCUT2D eigenvalue weighted by Crippen LogP contribution is 2.28. The van der Waals surface area contributed by atoms with E-state index in [9.17, 15) is 4.79 Å². The van der Waals surface area contributed by atoms with Crippen LogP contribution in [0.25, 0.3) is 22.3 Å². The largest absolute Gasteiger partial charge is 0.454 e. The van der Waals surface area contributed by atoms with Crippen LogP contribution in [-0.2, 0) is 0 Å². The Labute approximate surface area is 113 Å². The fourth-order valence-corrected chi connectivity index (χ4v) is 2.04. The van der Waals surface area contributed by atoms with E-state index in [0.29, 0.717) is 5.76 Å². The van der Waals surface area contributed by atoms with Crippen LogP contribution in [0.2, 0.25) is 0 Å². The van der Waals surface area contributed by atoms with Crippen molar-refractivity contribution in [2.45, 2.75) is 0 Å². The number of H-pyrrole nitrogens is 1. The van der Waals surface area contributed by atoms with E-state index in [0.717, 1.165) is 5.56 Å². The SMILES string of the molecule is N#Cc1[nH]c(=O)c2cc(-c3ccccc3)oc2c1C#N. The first-order valence-corrected chi connectivity index (χ1v) is 5.80. The molecule has 5 nitrogen and oxygen atoms in total. The van der Waals surface area contributed by atoms with Gasteiger partial charge in [-0.1, -0.05) is 30.3 Å². The second-order valence-electron chi connectivity index (χ2n) is 4.15. The maximum Gasteiger partial charge on any atom is 0.260 e. The number of nitrogens with one attached hydrogen (secondary N) is 1. The molecule has 2 aromatic heterocycles. The van der Waals surface area contributed by atoms with Gasteiger partial charge in [0.1, 0.15) is 29.2 Å². The Kier molecular flexibility index (Phi) is 2.60. The Balaban J connectivity index is 2.38. The normalized spacial score (nSPS) is 10.1. The van der Waals surface area contributed by atoms with Crippen LogP contribution in [0, 0.1) is 22.7 Å². The molecule has 0 radical (unpaired) electrons. The number of aromatic nitrogens is 1. The first kappa shape index (κ1) is 11.8. The van der Waals surface area contributed by atoms with Gasteiger partial charge in [-0.3, -0.25) is 4.79 Å². The van der Waals surface area contributed by atoms with Crippen molar-refractivity contribution in [3.8, 4) is 23.5 Å². The second kappa shape index (κ2) is 4.42. The zero-order chi connectivity index (χ0) is 14.1. The Morgan fingerprint density at radius 1 is 1.10 bits per heavy atom. The molecule has 0 amide bonds. The molecule has 3 aromatic rings. The molecule has 2 heterocycles. The van der Waals surface area contributed by atoms with Crippen LogP contribution in [0.3, 0.4) is 0 Å². The zero-order valence-electron chi connectivity index (χ0n) is 10.2. The van der Waals surface area contributed by atoms with Crippen molar-refractivity contribution in [1.82, 2.24) is 4.98 Å². The zero-order valence-corrected chi connectivity index (χ0v) is 10.2. The summed E-state index contributed by atoms with van der Waals surface area (Å²) in [5.41, 5.74) is 0.460. The molecule has 1 aromatic carbocycles. The van der Waals surface area contributed by atoms with E-state index in [1.807, 2.05) is 36.4 Å². The van der Waals surface area contributed by atoms with Crippen LogP contribution in [0.1, 0.15) is 11.3 Å². The molecular weight excluding hydrogens is 254 g/mol. The van der Waals surface area contributed by atoms with Gasteiger partial charge in [0.2, 0.25) is 0 Å². The van der Waals surface area contributed by atoms with Crippen LogP contribution in [0.5, 0.6) is 0 Å². The number of benzene rings is 1. The molecule has 5 heteroatoms. The fourth-order valence-electron chi connectivity index (χ4n) is 2.04. The van der Waals surface area contributed by atoms with Gasteiger partial charge in [0.15, 0.2) is 5.58 Å². The molecule has 0 aliphatic heterocycles. The molecule has 0 bridgehead atoms. The molecule has 94 valence electrons. The van der Waals surface area contributed by atoms with Gasteiger partial charge in [-0.25, -0.2) is 0 Å². The summed E-state index contributed by atoms with van der Waals surface area (Å²) in [5, 5.41) is 18.3. The minimum atomic E-state index is -0.443. The van der Waals surface area contributed by atoms with Gasteiger partial charge in [0, 0.05) is 5.56 Å². The first-order chi connectivity index (χ1) is 9.74. The molecule has 0 fully saturated rings. The molecule has 0 aliphatic rings. The summed E-state index contributed by atoms with van der Waals surface area (Å²) in [7, 11) is 0. The van der Waals surface area contributed by atoms with Gasteiger partial charge in [-0.2, -0.15) is 10.5 Å². The number of nitrogens with zero attached hydrogens (tertiary/aromatic N) is 2. The van der Waals surface area contributed by atoms with Gasteiger partial charge in [-0.15, -0.1) is 0 Å². The van der Waals surface area contributed by atoms with Crippen LogP contribution in [-0.4, -0.2) is 4.98 Å². The highest BCUT2D eigenvalue weighted by Gasteiger charge is 2.16.